The molecule has 1 aliphatic carbocycles. The normalized spacial score (nSPS) is 18.6. The molecule has 30 heavy (non-hydrogen) atoms. The lowest BCUT2D eigenvalue weighted by Gasteiger charge is -2.36. The van der Waals surface area contributed by atoms with E-state index in [2.05, 4.69) is 10.3 Å². The van der Waals surface area contributed by atoms with E-state index in [1.54, 1.807) is 12.1 Å². The maximum atomic E-state index is 14.0. The number of fused-ring (bicyclic) bond motifs is 2. The highest BCUT2D eigenvalue weighted by Crippen LogP contribution is 2.43. The molecule has 0 amide bonds. The number of halogens is 3. The summed E-state index contributed by atoms with van der Waals surface area (Å²) in [6.07, 6.45) is -2.75. The molecule has 3 aromatic rings. The predicted molar refractivity (Wildman–Crippen MR) is 113 cm³/mol. The van der Waals surface area contributed by atoms with Gasteiger partial charge in [-0.2, -0.15) is 13.2 Å². The summed E-state index contributed by atoms with van der Waals surface area (Å²) in [5.41, 5.74) is 1.26. The van der Waals surface area contributed by atoms with Crippen molar-refractivity contribution in [3.63, 3.8) is 0 Å². The monoisotopic (exact) mass is 414 g/mol. The van der Waals surface area contributed by atoms with Gasteiger partial charge in [0.15, 0.2) is 5.60 Å². The fourth-order valence-corrected chi connectivity index (χ4v) is 4.41. The molecule has 3 nitrogen and oxygen atoms in total. The highest BCUT2D eigenvalue weighted by molar-refractivity contribution is 5.91. The molecular weight excluding hydrogens is 389 g/mol. The van der Waals surface area contributed by atoms with Gasteiger partial charge in [0.05, 0.1) is 12.1 Å². The number of nitrogens with one attached hydrogen (secondary N) is 1. The Morgan fingerprint density at radius 3 is 2.67 bits per heavy atom. The molecule has 0 saturated carbocycles. The third-order valence-electron chi connectivity index (χ3n) is 6.05. The zero-order chi connectivity index (χ0) is 21.4. The van der Waals surface area contributed by atoms with E-state index in [1.165, 1.54) is 0 Å². The molecule has 0 spiro atoms. The minimum atomic E-state index is -4.74. The van der Waals surface area contributed by atoms with Gasteiger partial charge in [0.2, 0.25) is 0 Å². The number of nitrogens with zero attached hydrogens (tertiary/aromatic N) is 1. The molecule has 1 aliphatic rings. The number of pyridine rings is 1. The second-order valence-corrected chi connectivity index (χ2v) is 8.20. The van der Waals surface area contributed by atoms with E-state index in [9.17, 15) is 18.3 Å². The van der Waals surface area contributed by atoms with Crippen LogP contribution >= 0.6 is 0 Å². The van der Waals surface area contributed by atoms with Crippen LogP contribution in [-0.4, -0.2) is 28.4 Å². The summed E-state index contributed by atoms with van der Waals surface area (Å²) in [6, 6.07) is 16.6. The second kappa shape index (κ2) is 7.91. The number of alkyl halides is 3. The molecule has 0 aliphatic heterocycles. The first kappa shape index (κ1) is 20.7. The highest BCUT2D eigenvalue weighted by atomic mass is 19.4. The summed E-state index contributed by atoms with van der Waals surface area (Å²) in [4.78, 5) is 4.42. The molecule has 2 N–H and O–H groups in total. The summed E-state index contributed by atoms with van der Waals surface area (Å²) in [7, 11) is 0. The molecule has 6 heteroatoms. The topological polar surface area (TPSA) is 45.1 Å². The number of anilines is 1. The summed E-state index contributed by atoms with van der Waals surface area (Å²) in [5.74, 6) is -0.319. The van der Waals surface area contributed by atoms with E-state index < -0.39 is 18.3 Å². The van der Waals surface area contributed by atoms with E-state index in [-0.39, 0.29) is 12.3 Å². The van der Waals surface area contributed by atoms with Crippen molar-refractivity contribution in [1.29, 1.82) is 0 Å². The van der Waals surface area contributed by atoms with E-state index in [0.29, 0.717) is 17.6 Å². The van der Waals surface area contributed by atoms with Crippen LogP contribution in [0.5, 0.6) is 0 Å². The molecule has 2 aromatic carbocycles. The lowest BCUT2D eigenvalue weighted by Crippen LogP contribution is -2.51. The quantitative estimate of drug-likeness (QED) is 0.558. The van der Waals surface area contributed by atoms with Crippen LogP contribution in [0.4, 0.5) is 18.9 Å². The number of benzene rings is 2. The Morgan fingerprint density at radius 1 is 1.07 bits per heavy atom. The summed E-state index contributed by atoms with van der Waals surface area (Å²) in [5, 5.41) is 14.4. The molecule has 1 heterocycles. The SMILES string of the molecule is Cc1ccc2c(NCC(O)(CC3CCCc4ccccc43)C(F)(F)F)cccc2n1. The van der Waals surface area contributed by atoms with Crippen LogP contribution in [0, 0.1) is 6.92 Å². The van der Waals surface area contributed by atoms with Crippen molar-refractivity contribution < 1.29 is 18.3 Å². The maximum absolute atomic E-state index is 14.0. The van der Waals surface area contributed by atoms with Crippen molar-refractivity contribution >= 4 is 16.6 Å². The standard InChI is InChI=1S/C24H25F3N2O/c1-16-12-13-20-21(10-5-11-22(20)29-16)28-15-23(30,24(25,26)27)14-18-8-4-7-17-6-2-3-9-19(17)18/h2-3,5-6,9-13,18,28,30H,4,7-8,14-15H2,1H3. The van der Waals surface area contributed by atoms with Crippen LogP contribution in [-0.2, 0) is 6.42 Å². The van der Waals surface area contributed by atoms with Crippen molar-refractivity contribution in [3.05, 3.63) is 71.4 Å². The van der Waals surface area contributed by atoms with E-state index in [0.717, 1.165) is 35.0 Å². The van der Waals surface area contributed by atoms with E-state index in [1.807, 2.05) is 49.4 Å². The van der Waals surface area contributed by atoms with Gasteiger partial charge < -0.3 is 10.4 Å². The van der Waals surface area contributed by atoms with Gasteiger partial charge in [-0.15, -0.1) is 0 Å². The van der Waals surface area contributed by atoms with Crippen molar-refractivity contribution in [2.75, 3.05) is 11.9 Å². The Kier molecular flexibility index (Phi) is 5.45. The largest absolute Gasteiger partial charge is 0.418 e. The van der Waals surface area contributed by atoms with Gasteiger partial charge in [-0.05, 0) is 73.9 Å². The number of rotatable bonds is 5. The first-order chi connectivity index (χ1) is 14.3. The van der Waals surface area contributed by atoms with Gasteiger partial charge in [0.1, 0.15) is 0 Å². The molecule has 4 rings (SSSR count). The van der Waals surface area contributed by atoms with Crippen LogP contribution in [0.3, 0.4) is 0 Å². The van der Waals surface area contributed by atoms with Crippen molar-refractivity contribution in [2.24, 2.45) is 0 Å². The molecule has 2 unspecified atom stereocenters. The first-order valence-electron chi connectivity index (χ1n) is 10.2. The Hall–Kier alpha value is -2.60. The summed E-state index contributed by atoms with van der Waals surface area (Å²) >= 11 is 0. The average molecular weight is 414 g/mol. The van der Waals surface area contributed by atoms with Gasteiger partial charge in [0, 0.05) is 16.8 Å². The third kappa shape index (κ3) is 4.01. The van der Waals surface area contributed by atoms with E-state index in [4.69, 9.17) is 0 Å². The van der Waals surface area contributed by atoms with Crippen LogP contribution in [0.2, 0.25) is 0 Å². The van der Waals surface area contributed by atoms with E-state index >= 15 is 0 Å². The van der Waals surface area contributed by atoms with Gasteiger partial charge in [-0.25, -0.2) is 0 Å². The van der Waals surface area contributed by atoms with Crippen molar-refractivity contribution in [1.82, 2.24) is 4.98 Å². The summed E-state index contributed by atoms with van der Waals surface area (Å²) < 4.78 is 42.0. The Balaban J connectivity index is 1.60. The average Bonchev–Trinajstić information content (AvgIpc) is 2.71. The number of hydrogen-bond acceptors (Lipinski definition) is 3. The lowest BCUT2D eigenvalue weighted by molar-refractivity contribution is -0.258. The highest BCUT2D eigenvalue weighted by Gasteiger charge is 2.54. The van der Waals surface area contributed by atoms with Crippen LogP contribution < -0.4 is 5.32 Å². The fourth-order valence-electron chi connectivity index (χ4n) is 4.41. The van der Waals surface area contributed by atoms with Crippen molar-refractivity contribution in [3.8, 4) is 0 Å². The molecule has 158 valence electrons. The van der Waals surface area contributed by atoms with Crippen molar-refractivity contribution in [2.45, 2.75) is 50.3 Å². The Morgan fingerprint density at radius 2 is 1.87 bits per heavy atom. The fraction of sp³-hybridized carbons (Fsp3) is 0.375. The Bertz CT molecular complexity index is 1050. The zero-order valence-corrected chi connectivity index (χ0v) is 16.8. The van der Waals surface area contributed by atoms with Gasteiger partial charge >= 0.3 is 6.18 Å². The molecule has 0 bridgehead atoms. The summed E-state index contributed by atoms with van der Waals surface area (Å²) in [6.45, 7) is 1.26. The smallest absolute Gasteiger partial charge is 0.381 e. The predicted octanol–water partition coefficient (Wildman–Crippen LogP) is 5.76. The zero-order valence-electron chi connectivity index (χ0n) is 16.8. The van der Waals surface area contributed by atoms with Crippen LogP contribution in [0.1, 0.15) is 42.0 Å². The minimum absolute atomic E-state index is 0.319. The lowest BCUT2D eigenvalue weighted by atomic mass is 9.76. The number of aromatic nitrogens is 1. The molecule has 0 fully saturated rings. The molecule has 2 atom stereocenters. The van der Waals surface area contributed by atoms with Gasteiger partial charge in [0.25, 0.3) is 0 Å². The number of aryl methyl sites for hydroxylation is 2. The number of hydrogen-bond donors (Lipinski definition) is 2. The number of aliphatic hydroxyl groups is 1. The van der Waals surface area contributed by atoms with Gasteiger partial charge in [-0.1, -0.05) is 30.3 Å². The minimum Gasteiger partial charge on any atom is -0.381 e. The Labute approximate surface area is 174 Å². The molecule has 0 radical (unpaired) electrons. The molecular formula is C24H25F3N2O. The van der Waals surface area contributed by atoms with Gasteiger partial charge in [-0.3, -0.25) is 4.98 Å². The maximum Gasteiger partial charge on any atom is 0.418 e. The second-order valence-electron chi connectivity index (χ2n) is 8.20. The van der Waals surface area contributed by atoms with Crippen LogP contribution in [0.25, 0.3) is 10.9 Å². The third-order valence-corrected chi connectivity index (χ3v) is 6.05. The molecule has 0 saturated heterocycles. The van der Waals surface area contributed by atoms with Crippen LogP contribution in [0.15, 0.2) is 54.6 Å². The first-order valence-corrected chi connectivity index (χ1v) is 10.2. The molecule has 1 aromatic heterocycles.